The molecule has 146 valence electrons. The first-order valence-electron chi connectivity index (χ1n) is 10.0. The highest BCUT2D eigenvalue weighted by molar-refractivity contribution is 5.98. The molecule has 0 radical (unpaired) electrons. The normalized spacial score (nSPS) is 12.5. The van der Waals surface area contributed by atoms with Crippen LogP contribution >= 0.6 is 0 Å². The van der Waals surface area contributed by atoms with Crippen LogP contribution in [-0.2, 0) is 6.61 Å². The third kappa shape index (κ3) is 2.63. The number of H-pyrrole nitrogens is 2. The SMILES string of the molecule is Cc1ncc(-c2ccc3c(c2)COc2c-3ccc3cc(-c4cnc(C)[nH]4)ccc23)[nH]1. The molecule has 0 saturated carbocycles. The third-order valence-electron chi connectivity index (χ3n) is 5.77. The van der Waals surface area contributed by atoms with Gasteiger partial charge >= 0.3 is 0 Å². The number of rotatable bonds is 2. The predicted molar refractivity (Wildman–Crippen MR) is 118 cm³/mol. The van der Waals surface area contributed by atoms with Crippen LogP contribution in [0.2, 0.25) is 0 Å². The molecule has 0 fully saturated rings. The number of benzene rings is 3. The number of nitrogens with zero attached hydrogens (tertiary/aromatic N) is 2. The van der Waals surface area contributed by atoms with E-state index in [0.29, 0.717) is 6.61 Å². The summed E-state index contributed by atoms with van der Waals surface area (Å²) in [7, 11) is 0. The summed E-state index contributed by atoms with van der Waals surface area (Å²) in [5.41, 5.74) is 7.87. The Kier molecular flexibility index (Phi) is 3.59. The van der Waals surface area contributed by atoms with Gasteiger partial charge in [0, 0.05) is 16.5 Å². The molecule has 0 bridgehead atoms. The summed E-state index contributed by atoms with van der Waals surface area (Å²) in [5, 5.41) is 2.29. The Morgan fingerprint density at radius 1 is 0.767 bits per heavy atom. The number of hydrogen-bond acceptors (Lipinski definition) is 3. The average Bonchev–Trinajstić information content (AvgIpc) is 3.40. The van der Waals surface area contributed by atoms with E-state index in [9.17, 15) is 0 Å². The van der Waals surface area contributed by atoms with Gasteiger partial charge in [-0.15, -0.1) is 0 Å². The summed E-state index contributed by atoms with van der Waals surface area (Å²) >= 11 is 0. The summed E-state index contributed by atoms with van der Waals surface area (Å²) < 4.78 is 6.26. The zero-order valence-electron chi connectivity index (χ0n) is 16.8. The van der Waals surface area contributed by atoms with E-state index in [-0.39, 0.29) is 0 Å². The monoisotopic (exact) mass is 392 g/mol. The summed E-state index contributed by atoms with van der Waals surface area (Å²) in [5.74, 6) is 2.79. The van der Waals surface area contributed by atoms with Crippen molar-refractivity contribution in [1.82, 2.24) is 19.9 Å². The van der Waals surface area contributed by atoms with Crippen molar-refractivity contribution in [3.63, 3.8) is 0 Å². The number of ether oxygens (including phenoxy) is 1. The van der Waals surface area contributed by atoms with Gasteiger partial charge in [-0.25, -0.2) is 9.97 Å². The van der Waals surface area contributed by atoms with Gasteiger partial charge in [0.1, 0.15) is 24.0 Å². The van der Waals surface area contributed by atoms with Crippen LogP contribution in [0.5, 0.6) is 5.75 Å². The van der Waals surface area contributed by atoms with Gasteiger partial charge in [-0.05, 0) is 54.1 Å². The molecule has 0 unspecified atom stereocenters. The summed E-state index contributed by atoms with van der Waals surface area (Å²) in [6.07, 6.45) is 3.75. The highest BCUT2D eigenvalue weighted by atomic mass is 16.5. The fourth-order valence-electron chi connectivity index (χ4n) is 4.26. The Hall–Kier alpha value is -3.86. The van der Waals surface area contributed by atoms with Gasteiger partial charge < -0.3 is 14.7 Å². The fourth-order valence-corrected chi connectivity index (χ4v) is 4.26. The van der Waals surface area contributed by atoms with Gasteiger partial charge in [-0.1, -0.05) is 30.3 Å². The first-order valence-corrected chi connectivity index (χ1v) is 10.0. The Morgan fingerprint density at radius 2 is 1.43 bits per heavy atom. The molecule has 0 atom stereocenters. The molecule has 2 aromatic heterocycles. The standard InChI is InChI=1S/C25H20N4O/c1-14-26-11-23(28-14)17-5-7-21-16(9-17)3-8-22-20-6-4-18(24-12-27-15(2)29-24)10-19(20)13-30-25(21)22/h3-12H,13H2,1-2H3,(H,26,28)(H,27,29). The molecule has 1 aliphatic heterocycles. The summed E-state index contributed by atoms with van der Waals surface area (Å²) in [4.78, 5) is 15.2. The minimum atomic E-state index is 0.559. The van der Waals surface area contributed by atoms with Crippen LogP contribution in [-0.4, -0.2) is 19.9 Å². The zero-order chi connectivity index (χ0) is 20.2. The zero-order valence-corrected chi connectivity index (χ0v) is 16.8. The van der Waals surface area contributed by atoms with E-state index in [2.05, 4.69) is 68.5 Å². The largest absolute Gasteiger partial charge is 0.488 e. The first kappa shape index (κ1) is 17.0. The van der Waals surface area contributed by atoms with Crippen LogP contribution < -0.4 is 4.74 Å². The van der Waals surface area contributed by atoms with Crippen molar-refractivity contribution in [2.24, 2.45) is 0 Å². The van der Waals surface area contributed by atoms with Crippen LogP contribution in [0.4, 0.5) is 0 Å². The van der Waals surface area contributed by atoms with Crippen LogP contribution in [0.25, 0.3) is 44.4 Å². The molecule has 6 rings (SSSR count). The number of imidazole rings is 2. The predicted octanol–water partition coefficient (Wildman–Crippen LogP) is 5.80. The van der Waals surface area contributed by atoms with Gasteiger partial charge in [0.15, 0.2) is 0 Å². The minimum Gasteiger partial charge on any atom is -0.488 e. The highest BCUT2D eigenvalue weighted by Gasteiger charge is 2.20. The second kappa shape index (κ2) is 6.32. The number of aryl methyl sites for hydroxylation is 2. The Bertz CT molecular complexity index is 1430. The molecule has 0 spiro atoms. The van der Waals surface area contributed by atoms with E-state index >= 15 is 0 Å². The van der Waals surface area contributed by atoms with E-state index in [1.165, 1.54) is 11.1 Å². The number of aromatic amines is 2. The Morgan fingerprint density at radius 3 is 2.13 bits per heavy atom. The molecule has 2 N–H and O–H groups in total. The van der Waals surface area contributed by atoms with Crippen LogP contribution in [0.3, 0.4) is 0 Å². The topological polar surface area (TPSA) is 66.6 Å². The maximum atomic E-state index is 6.26. The lowest BCUT2D eigenvalue weighted by Gasteiger charge is -2.23. The van der Waals surface area contributed by atoms with Crippen molar-refractivity contribution < 1.29 is 4.74 Å². The van der Waals surface area contributed by atoms with E-state index < -0.39 is 0 Å². The lowest BCUT2D eigenvalue weighted by atomic mass is 9.92. The second-order valence-electron chi connectivity index (χ2n) is 7.80. The Labute approximate surface area is 173 Å². The van der Waals surface area contributed by atoms with Crippen molar-refractivity contribution in [1.29, 1.82) is 0 Å². The highest BCUT2D eigenvalue weighted by Crippen LogP contribution is 2.43. The van der Waals surface area contributed by atoms with Crippen LogP contribution in [0, 0.1) is 13.8 Å². The molecule has 3 aromatic carbocycles. The lowest BCUT2D eigenvalue weighted by molar-refractivity contribution is 0.306. The van der Waals surface area contributed by atoms with Gasteiger partial charge in [0.05, 0.1) is 23.8 Å². The number of nitrogens with one attached hydrogen (secondary N) is 2. The smallest absolute Gasteiger partial charge is 0.135 e. The molecular formula is C25H20N4O. The van der Waals surface area contributed by atoms with Gasteiger partial charge in [0.2, 0.25) is 0 Å². The molecule has 5 aromatic rings. The maximum Gasteiger partial charge on any atom is 0.135 e. The molecule has 5 nitrogen and oxygen atoms in total. The van der Waals surface area contributed by atoms with Crippen LogP contribution in [0.15, 0.2) is 60.9 Å². The lowest BCUT2D eigenvalue weighted by Crippen LogP contribution is -2.06. The van der Waals surface area contributed by atoms with Crippen molar-refractivity contribution >= 4 is 10.8 Å². The van der Waals surface area contributed by atoms with E-state index in [0.717, 1.165) is 56.2 Å². The van der Waals surface area contributed by atoms with Gasteiger partial charge in [0.25, 0.3) is 0 Å². The van der Waals surface area contributed by atoms with Crippen molar-refractivity contribution in [2.75, 3.05) is 0 Å². The fraction of sp³-hybridized carbons (Fsp3) is 0.120. The molecule has 5 heteroatoms. The summed E-state index contributed by atoms with van der Waals surface area (Å²) in [6, 6.07) is 17.3. The van der Waals surface area contributed by atoms with Gasteiger partial charge in [-0.2, -0.15) is 0 Å². The van der Waals surface area contributed by atoms with Crippen molar-refractivity contribution in [3.05, 3.63) is 78.1 Å². The minimum absolute atomic E-state index is 0.559. The Balaban J connectivity index is 1.44. The second-order valence-corrected chi connectivity index (χ2v) is 7.80. The molecule has 0 aliphatic carbocycles. The molecule has 30 heavy (non-hydrogen) atoms. The van der Waals surface area contributed by atoms with E-state index in [1.54, 1.807) is 0 Å². The molecule has 0 saturated heterocycles. The number of fused-ring (bicyclic) bond motifs is 5. The van der Waals surface area contributed by atoms with E-state index in [1.807, 2.05) is 26.2 Å². The number of hydrogen-bond donors (Lipinski definition) is 2. The quantitative estimate of drug-likeness (QED) is 0.399. The molecular weight excluding hydrogens is 372 g/mol. The number of aromatic nitrogens is 4. The van der Waals surface area contributed by atoms with E-state index in [4.69, 9.17) is 4.74 Å². The van der Waals surface area contributed by atoms with Crippen LogP contribution in [0.1, 0.15) is 17.2 Å². The first-order chi connectivity index (χ1) is 14.7. The summed E-state index contributed by atoms with van der Waals surface area (Å²) in [6.45, 7) is 4.49. The molecule has 1 aliphatic rings. The molecule has 0 amide bonds. The molecule has 3 heterocycles. The maximum absolute atomic E-state index is 6.26. The van der Waals surface area contributed by atoms with Crippen molar-refractivity contribution in [3.8, 4) is 39.4 Å². The third-order valence-corrected chi connectivity index (χ3v) is 5.77. The average molecular weight is 392 g/mol. The van der Waals surface area contributed by atoms with Crippen molar-refractivity contribution in [2.45, 2.75) is 20.5 Å². The van der Waals surface area contributed by atoms with Gasteiger partial charge in [-0.3, -0.25) is 0 Å².